The minimum Gasteiger partial charge on any atom is -0.483 e. The van der Waals surface area contributed by atoms with Gasteiger partial charge in [0.15, 0.2) is 0 Å². The minimum absolute atomic E-state index is 0. The summed E-state index contributed by atoms with van der Waals surface area (Å²) >= 11 is 0. The van der Waals surface area contributed by atoms with Crippen molar-refractivity contribution in [2.24, 2.45) is 17.6 Å². The number of nitrogens with two attached hydrogens (primary N) is 1. The van der Waals surface area contributed by atoms with Gasteiger partial charge in [0.05, 0.1) is 0 Å². The highest BCUT2D eigenvalue weighted by atomic mass is 16.3. The average molecular weight is 352 g/mol. The van der Waals surface area contributed by atoms with Crippen LogP contribution in [0.25, 0.3) is 0 Å². The molecule has 0 radical (unpaired) electrons. The number of benzene rings is 1. The van der Waals surface area contributed by atoms with E-state index in [1.165, 1.54) is 44.1 Å². The van der Waals surface area contributed by atoms with Gasteiger partial charge in [-0.2, -0.15) is 0 Å². The van der Waals surface area contributed by atoms with E-state index in [2.05, 4.69) is 49.5 Å². The largest absolute Gasteiger partial charge is 0.483 e. The van der Waals surface area contributed by atoms with Crippen LogP contribution in [0.5, 0.6) is 0 Å². The molecule has 5 nitrogen and oxygen atoms in total. The molecule has 2 aliphatic carbocycles. The molecule has 144 valence electrons. The molecule has 0 heterocycles. The third-order valence-corrected chi connectivity index (χ3v) is 5.10. The smallest absolute Gasteiger partial charge is 0.290 e. The van der Waals surface area contributed by atoms with Gasteiger partial charge in [-0.15, -0.1) is 0 Å². The van der Waals surface area contributed by atoms with Crippen molar-refractivity contribution in [3.8, 4) is 0 Å². The first-order valence-corrected chi connectivity index (χ1v) is 9.23. The van der Waals surface area contributed by atoms with Crippen molar-refractivity contribution in [3.63, 3.8) is 0 Å². The molecule has 1 aromatic rings. The normalized spacial score (nSPS) is 26.2. The predicted molar refractivity (Wildman–Crippen MR) is 105 cm³/mol. The van der Waals surface area contributed by atoms with E-state index in [-0.39, 0.29) is 12.6 Å². The van der Waals surface area contributed by atoms with Crippen LogP contribution >= 0.6 is 0 Å². The summed E-state index contributed by atoms with van der Waals surface area (Å²) in [5, 5.41) is 10.5. The van der Waals surface area contributed by atoms with Crippen molar-refractivity contribution < 1.29 is 9.90 Å². The lowest BCUT2D eigenvalue weighted by Crippen LogP contribution is -2.40. The highest BCUT2D eigenvalue weighted by Crippen LogP contribution is 2.30. The number of rotatable bonds is 5. The van der Waals surface area contributed by atoms with Crippen LogP contribution in [0.3, 0.4) is 0 Å². The molecule has 0 atom stereocenters. The highest BCUT2D eigenvalue weighted by molar-refractivity contribution is 5.32. The van der Waals surface area contributed by atoms with Crippen LogP contribution in [0.4, 0.5) is 0 Å². The molecule has 3 rings (SSSR count). The molecule has 0 unspecified atom stereocenters. The summed E-state index contributed by atoms with van der Waals surface area (Å²) in [6, 6.07) is 12.0. The second-order valence-corrected chi connectivity index (χ2v) is 6.92. The Kier molecular flexibility index (Phi) is 13.0. The first-order valence-electron chi connectivity index (χ1n) is 9.23. The van der Waals surface area contributed by atoms with Crippen molar-refractivity contribution in [2.45, 2.75) is 71.0 Å². The summed E-state index contributed by atoms with van der Waals surface area (Å²) < 4.78 is 0. The Bertz CT molecular complexity index is 430. The van der Waals surface area contributed by atoms with Gasteiger partial charge < -0.3 is 22.3 Å². The Balaban J connectivity index is 0.000000442. The number of nitrogens with one attached hydrogen (secondary N) is 1. The molecule has 25 heavy (non-hydrogen) atoms. The Morgan fingerprint density at radius 3 is 1.96 bits per heavy atom. The van der Waals surface area contributed by atoms with Gasteiger partial charge >= 0.3 is 0 Å². The average Bonchev–Trinajstić information content (AvgIpc) is 2.53. The Morgan fingerprint density at radius 2 is 1.56 bits per heavy atom. The van der Waals surface area contributed by atoms with Gasteiger partial charge in [0.1, 0.15) is 0 Å². The molecule has 0 saturated heterocycles. The van der Waals surface area contributed by atoms with E-state index >= 15 is 0 Å². The number of hydrogen-bond acceptors (Lipinski definition) is 4. The second-order valence-electron chi connectivity index (χ2n) is 6.92. The maximum Gasteiger partial charge on any atom is 0.290 e. The topological polar surface area (TPSA) is 110 Å². The first-order chi connectivity index (χ1) is 11.6. The van der Waals surface area contributed by atoms with Crippen molar-refractivity contribution in [1.29, 1.82) is 0 Å². The van der Waals surface area contributed by atoms with Gasteiger partial charge in [-0.05, 0) is 43.1 Å². The van der Waals surface area contributed by atoms with Gasteiger partial charge in [0.25, 0.3) is 6.47 Å². The molecule has 0 aliphatic heterocycles. The minimum atomic E-state index is -0.250. The Hall–Kier alpha value is -1.43. The molecule has 5 heteroatoms. The third-order valence-electron chi connectivity index (χ3n) is 5.10. The molecule has 0 aromatic heterocycles. The van der Waals surface area contributed by atoms with Crippen molar-refractivity contribution >= 4 is 6.47 Å². The van der Waals surface area contributed by atoms with Crippen LogP contribution in [0.1, 0.15) is 57.9 Å². The SMILES string of the molecule is CCC1CC(N)C1.CCC1CC(NCc2ccccc2)C1.N.O=CO. The highest BCUT2D eigenvalue weighted by Gasteiger charge is 2.26. The van der Waals surface area contributed by atoms with Crippen LogP contribution in [0.2, 0.25) is 0 Å². The summed E-state index contributed by atoms with van der Waals surface area (Å²) in [4.78, 5) is 8.36. The van der Waals surface area contributed by atoms with Crippen LogP contribution in [-0.4, -0.2) is 23.7 Å². The number of carboxylic acid groups (broad SMARTS) is 1. The molecule has 0 amide bonds. The van der Waals surface area contributed by atoms with E-state index in [0.29, 0.717) is 6.04 Å². The van der Waals surface area contributed by atoms with Crippen molar-refractivity contribution in [1.82, 2.24) is 11.5 Å². The third kappa shape index (κ3) is 9.58. The molecule has 2 fully saturated rings. The quantitative estimate of drug-likeness (QED) is 0.600. The standard InChI is InChI=1S/C13H19N.C6H13N.CH2O2.H3N/c1-2-11-8-13(9-11)14-10-12-6-4-3-5-7-12;1-2-5-3-6(7)4-5;2-1-3;/h3-7,11,13-14H,2,8-10H2,1H3;5-6H,2-4,7H2,1H3;1H,(H,2,3);1H3. The fraction of sp³-hybridized carbons (Fsp3) is 0.650. The number of hydrogen-bond donors (Lipinski definition) is 4. The molecule has 7 N–H and O–H groups in total. The summed E-state index contributed by atoms with van der Waals surface area (Å²) in [6.07, 6.45) is 7.98. The number of carbonyl (C=O) groups is 1. The van der Waals surface area contributed by atoms with Gasteiger partial charge in [0.2, 0.25) is 0 Å². The maximum atomic E-state index is 8.36. The van der Waals surface area contributed by atoms with E-state index in [1.807, 2.05) is 0 Å². The van der Waals surface area contributed by atoms with E-state index in [1.54, 1.807) is 0 Å². The molecular weight excluding hydrogens is 314 g/mol. The molecule has 2 aliphatic rings. The molecule has 1 aromatic carbocycles. The van der Waals surface area contributed by atoms with E-state index in [9.17, 15) is 0 Å². The molecule has 2 saturated carbocycles. The molecule has 0 bridgehead atoms. The Labute approximate surface area is 153 Å². The van der Waals surface area contributed by atoms with Gasteiger partial charge in [0, 0.05) is 18.6 Å². The fourth-order valence-electron chi connectivity index (χ4n) is 3.21. The zero-order valence-corrected chi connectivity index (χ0v) is 15.9. The van der Waals surface area contributed by atoms with Gasteiger partial charge in [-0.25, -0.2) is 0 Å². The van der Waals surface area contributed by atoms with Crippen molar-refractivity contribution in [3.05, 3.63) is 35.9 Å². The first kappa shape index (κ1) is 23.6. The van der Waals surface area contributed by atoms with E-state index in [4.69, 9.17) is 15.6 Å². The van der Waals surface area contributed by atoms with Gasteiger partial charge in [-0.1, -0.05) is 57.0 Å². The lowest BCUT2D eigenvalue weighted by Gasteiger charge is -2.35. The van der Waals surface area contributed by atoms with Crippen LogP contribution in [0.15, 0.2) is 30.3 Å². The zero-order chi connectivity index (χ0) is 17.8. The summed E-state index contributed by atoms with van der Waals surface area (Å²) in [5.41, 5.74) is 6.94. The fourth-order valence-corrected chi connectivity index (χ4v) is 3.21. The van der Waals surface area contributed by atoms with Crippen LogP contribution in [-0.2, 0) is 11.3 Å². The summed E-state index contributed by atoms with van der Waals surface area (Å²) in [7, 11) is 0. The lowest BCUT2D eigenvalue weighted by atomic mass is 9.78. The second kappa shape index (κ2) is 13.8. The van der Waals surface area contributed by atoms with E-state index < -0.39 is 0 Å². The lowest BCUT2D eigenvalue weighted by molar-refractivity contribution is -0.122. The summed E-state index contributed by atoms with van der Waals surface area (Å²) in [5.74, 6) is 1.96. The van der Waals surface area contributed by atoms with Crippen LogP contribution in [0, 0.1) is 11.8 Å². The van der Waals surface area contributed by atoms with E-state index in [0.717, 1.165) is 24.4 Å². The zero-order valence-electron chi connectivity index (χ0n) is 15.9. The van der Waals surface area contributed by atoms with Gasteiger partial charge in [-0.3, -0.25) is 4.79 Å². The van der Waals surface area contributed by atoms with Crippen LogP contribution < -0.4 is 17.2 Å². The molecular formula is C20H37N3O2. The Morgan fingerprint density at radius 1 is 1.08 bits per heavy atom. The maximum absolute atomic E-state index is 8.36. The van der Waals surface area contributed by atoms with Crippen molar-refractivity contribution in [2.75, 3.05) is 0 Å². The molecule has 0 spiro atoms. The summed E-state index contributed by atoms with van der Waals surface area (Å²) in [6.45, 7) is 5.30. The monoisotopic (exact) mass is 351 g/mol. The predicted octanol–water partition coefficient (Wildman–Crippen LogP) is 3.96.